The molecule has 0 saturated carbocycles. The lowest BCUT2D eigenvalue weighted by atomic mass is 9.78. The van der Waals surface area contributed by atoms with Gasteiger partial charge in [-0.25, -0.2) is 4.39 Å². The highest BCUT2D eigenvalue weighted by molar-refractivity contribution is 9.10. The van der Waals surface area contributed by atoms with E-state index in [1.807, 2.05) is 0 Å². The van der Waals surface area contributed by atoms with Gasteiger partial charge in [-0.2, -0.15) is 5.06 Å². The number of ether oxygens (including phenoxy) is 1. The number of nitrogens with zero attached hydrogens (tertiary/aromatic N) is 1. The lowest BCUT2D eigenvalue weighted by Crippen LogP contribution is -2.47. The fourth-order valence-electron chi connectivity index (χ4n) is 3.26. The highest BCUT2D eigenvalue weighted by atomic mass is 79.9. The van der Waals surface area contributed by atoms with Crippen molar-refractivity contribution in [1.82, 2.24) is 5.06 Å². The number of aldehydes is 1. The average Bonchev–Trinajstić information content (AvgIpc) is 3.00. The van der Waals surface area contributed by atoms with Gasteiger partial charge in [0.2, 0.25) is 0 Å². The number of hydroxylamine groups is 2. The van der Waals surface area contributed by atoms with Gasteiger partial charge < -0.3 is 14.6 Å². The maximum absolute atomic E-state index is 14.4. The summed E-state index contributed by atoms with van der Waals surface area (Å²) in [7, 11) is 0. The van der Waals surface area contributed by atoms with E-state index in [0.29, 0.717) is 11.8 Å². The molecule has 1 aromatic rings. The Morgan fingerprint density at radius 2 is 2.38 bits per heavy atom. The largest absolute Gasteiger partial charge is 0.394 e. The number of fused-ring (bicyclic) bond motifs is 1. The summed E-state index contributed by atoms with van der Waals surface area (Å²) < 4.78 is 20.8. The lowest BCUT2D eigenvalue weighted by Gasteiger charge is -2.35. The first-order valence-electron chi connectivity index (χ1n) is 6.65. The summed E-state index contributed by atoms with van der Waals surface area (Å²) in [6.07, 6.45) is 0.284. The molecule has 5 nitrogen and oxygen atoms in total. The number of carbonyl (C=O) groups is 1. The van der Waals surface area contributed by atoms with Gasteiger partial charge in [-0.15, -0.1) is 0 Å². The van der Waals surface area contributed by atoms with Gasteiger partial charge in [0, 0.05) is 16.0 Å². The standard InChI is InChI=1S/C14H15BrFNO4/c15-9-1-2-12(16)10(5-9)14-8-20-13(6-19)11(14)7-21-17(14)3-4-18/h1-2,4-5,11,13,19H,3,6-8H2/t11?,13-,14-/m1/s1. The summed E-state index contributed by atoms with van der Waals surface area (Å²) in [5, 5.41) is 10.9. The molecule has 1 unspecified atom stereocenters. The van der Waals surface area contributed by atoms with Crippen LogP contribution in [-0.4, -0.2) is 48.9 Å². The van der Waals surface area contributed by atoms with Crippen LogP contribution < -0.4 is 0 Å². The summed E-state index contributed by atoms with van der Waals surface area (Å²) in [6, 6.07) is 4.66. The van der Waals surface area contributed by atoms with Crippen LogP contribution in [0, 0.1) is 11.7 Å². The van der Waals surface area contributed by atoms with Crippen molar-refractivity contribution >= 4 is 22.2 Å². The minimum Gasteiger partial charge on any atom is -0.394 e. The molecule has 1 aromatic carbocycles. The third-order valence-electron chi connectivity index (χ3n) is 4.25. The van der Waals surface area contributed by atoms with Gasteiger partial charge in [-0.05, 0) is 18.2 Å². The zero-order chi connectivity index (χ0) is 15.0. The van der Waals surface area contributed by atoms with Gasteiger partial charge in [0.05, 0.1) is 32.5 Å². The first-order chi connectivity index (χ1) is 10.1. The molecule has 7 heteroatoms. The van der Waals surface area contributed by atoms with E-state index in [0.717, 1.165) is 4.47 Å². The Kier molecular flexibility index (Phi) is 4.11. The maximum Gasteiger partial charge on any atom is 0.136 e. The van der Waals surface area contributed by atoms with Crippen LogP contribution in [0.5, 0.6) is 0 Å². The summed E-state index contributed by atoms with van der Waals surface area (Å²) in [4.78, 5) is 16.5. The third kappa shape index (κ3) is 2.24. The molecule has 2 aliphatic heterocycles. The summed E-state index contributed by atoms with van der Waals surface area (Å²) >= 11 is 3.34. The van der Waals surface area contributed by atoms with Crippen LogP contribution in [-0.2, 0) is 19.9 Å². The molecule has 2 heterocycles. The molecule has 1 N–H and O–H groups in total. The van der Waals surface area contributed by atoms with E-state index in [1.165, 1.54) is 11.1 Å². The van der Waals surface area contributed by atoms with Crippen molar-refractivity contribution in [2.45, 2.75) is 11.6 Å². The number of hydrogen-bond acceptors (Lipinski definition) is 5. The number of rotatable bonds is 4. The van der Waals surface area contributed by atoms with Gasteiger partial charge in [0.15, 0.2) is 0 Å². The first-order valence-corrected chi connectivity index (χ1v) is 7.45. The van der Waals surface area contributed by atoms with Crippen LogP contribution in [0.2, 0.25) is 0 Å². The molecule has 2 aliphatic rings. The summed E-state index contributed by atoms with van der Waals surface area (Å²) in [6.45, 7) is 0.305. The predicted molar refractivity (Wildman–Crippen MR) is 74.8 cm³/mol. The number of aliphatic hydroxyl groups excluding tert-OH is 1. The van der Waals surface area contributed by atoms with E-state index in [2.05, 4.69) is 15.9 Å². The monoisotopic (exact) mass is 359 g/mol. The zero-order valence-electron chi connectivity index (χ0n) is 11.2. The van der Waals surface area contributed by atoms with E-state index < -0.39 is 11.6 Å². The number of hydrogen-bond donors (Lipinski definition) is 1. The molecule has 2 saturated heterocycles. The van der Waals surface area contributed by atoms with E-state index in [4.69, 9.17) is 9.57 Å². The molecule has 0 bridgehead atoms. The Balaban J connectivity index is 2.11. The van der Waals surface area contributed by atoms with Gasteiger partial charge >= 0.3 is 0 Å². The smallest absolute Gasteiger partial charge is 0.136 e. The van der Waals surface area contributed by atoms with Crippen molar-refractivity contribution in [2.75, 3.05) is 26.4 Å². The molecule has 3 rings (SSSR count). The van der Waals surface area contributed by atoms with Crippen molar-refractivity contribution in [2.24, 2.45) is 5.92 Å². The summed E-state index contributed by atoms with van der Waals surface area (Å²) in [5.74, 6) is -0.613. The first kappa shape index (κ1) is 15.1. The lowest BCUT2D eigenvalue weighted by molar-refractivity contribution is -0.177. The fraction of sp³-hybridized carbons (Fsp3) is 0.500. The molecule has 3 atom stereocenters. The SMILES string of the molecule is O=CCN1OCC2[C@@H](CO)OC[C@@]21c1cc(Br)ccc1F. The number of benzene rings is 1. The zero-order valence-corrected chi connectivity index (χ0v) is 12.8. The fourth-order valence-corrected chi connectivity index (χ4v) is 3.62. The normalized spacial score (nSPS) is 32.3. The van der Waals surface area contributed by atoms with Crippen molar-refractivity contribution in [3.8, 4) is 0 Å². The van der Waals surface area contributed by atoms with Crippen LogP contribution in [0.1, 0.15) is 5.56 Å². The second-order valence-electron chi connectivity index (χ2n) is 5.21. The highest BCUT2D eigenvalue weighted by Crippen LogP contribution is 2.49. The van der Waals surface area contributed by atoms with Crippen molar-refractivity contribution < 1.29 is 23.9 Å². The minimum atomic E-state index is -0.887. The molecule has 0 amide bonds. The molecule has 21 heavy (non-hydrogen) atoms. The maximum atomic E-state index is 14.4. The molecule has 0 aromatic heterocycles. The Labute approximate surface area is 129 Å². The number of halogens is 2. The molecular weight excluding hydrogens is 345 g/mol. The minimum absolute atomic E-state index is 0.0178. The topological polar surface area (TPSA) is 59.0 Å². The average molecular weight is 360 g/mol. The van der Waals surface area contributed by atoms with Gasteiger partial charge in [-0.1, -0.05) is 15.9 Å². The molecule has 0 radical (unpaired) electrons. The van der Waals surface area contributed by atoms with Gasteiger partial charge in [0.1, 0.15) is 17.6 Å². The van der Waals surface area contributed by atoms with Crippen molar-refractivity contribution in [3.05, 3.63) is 34.1 Å². The van der Waals surface area contributed by atoms with E-state index in [1.54, 1.807) is 12.1 Å². The molecular formula is C14H15BrFNO4. The van der Waals surface area contributed by atoms with Crippen LogP contribution in [0.25, 0.3) is 0 Å². The van der Waals surface area contributed by atoms with E-state index in [9.17, 15) is 14.3 Å². The Morgan fingerprint density at radius 1 is 1.57 bits per heavy atom. The van der Waals surface area contributed by atoms with Crippen LogP contribution in [0.4, 0.5) is 4.39 Å². The summed E-state index contributed by atoms with van der Waals surface area (Å²) in [5.41, 5.74) is -0.473. The molecule has 0 aliphatic carbocycles. The predicted octanol–water partition coefficient (Wildman–Crippen LogP) is 1.24. The Morgan fingerprint density at radius 3 is 3.10 bits per heavy atom. The molecule has 114 valence electrons. The van der Waals surface area contributed by atoms with E-state index >= 15 is 0 Å². The highest BCUT2D eigenvalue weighted by Gasteiger charge is 2.60. The third-order valence-corrected chi connectivity index (χ3v) is 4.74. The van der Waals surface area contributed by atoms with Crippen LogP contribution in [0.15, 0.2) is 22.7 Å². The Bertz CT molecular complexity index is 558. The molecule has 2 fully saturated rings. The molecule has 0 spiro atoms. The van der Waals surface area contributed by atoms with Crippen molar-refractivity contribution in [1.29, 1.82) is 0 Å². The number of aliphatic hydroxyl groups is 1. The van der Waals surface area contributed by atoms with Crippen LogP contribution in [0.3, 0.4) is 0 Å². The quantitative estimate of drug-likeness (QED) is 0.819. The van der Waals surface area contributed by atoms with Crippen LogP contribution >= 0.6 is 15.9 Å². The van der Waals surface area contributed by atoms with Gasteiger partial charge in [-0.3, -0.25) is 4.84 Å². The van der Waals surface area contributed by atoms with Gasteiger partial charge in [0.25, 0.3) is 0 Å². The van der Waals surface area contributed by atoms with E-state index in [-0.39, 0.29) is 38.1 Å². The second-order valence-corrected chi connectivity index (χ2v) is 6.13. The number of carbonyl (C=O) groups excluding carboxylic acids is 1. The van der Waals surface area contributed by atoms with Crippen molar-refractivity contribution in [3.63, 3.8) is 0 Å². The second kappa shape index (κ2) is 5.73. The Hall–Kier alpha value is -0.860.